The zero-order chi connectivity index (χ0) is 17.9. The van der Waals surface area contributed by atoms with E-state index in [0.717, 1.165) is 22.7 Å². The predicted molar refractivity (Wildman–Crippen MR) is 105 cm³/mol. The van der Waals surface area contributed by atoms with E-state index in [-0.39, 0.29) is 5.91 Å². The molecule has 2 heterocycles. The first-order valence-corrected chi connectivity index (χ1v) is 8.93. The van der Waals surface area contributed by atoms with Crippen LogP contribution < -0.4 is 10.2 Å². The van der Waals surface area contributed by atoms with Gasteiger partial charge in [-0.1, -0.05) is 48.0 Å². The first kappa shape index (κ1) is 16.6. The number of halogens is 1. The molecule has 4 rings (SSSR count). The maximum absolute atomic E-state index is 12.8. The molecule has 1 N–H and O–H groups in total. The molecule has 0 bridgehead atoms. The number of aromatic nitrogens is 1. The van der Waals surface area contributed by atoms with Crippen LogP contribution in [0.2, 0.25) is 5.02 Å². The monoisotopic (exact) mass is 363 g/mol. The van der Waals surface area contributed by atoms with E-state index in [0.29, 0.717) is 24.5 Å². The highest BCUT2D eigenvalue weighted by Gasteiger charge is 2.25. The number of fused-ring (bicyclic) bond motifs is 1. The van der Waals surface area contributed by atoms with Gasteiger partial charge in [0, 0.05) is 30.0 Å². The van der Waals surface area contributed by atoms with Gasteiger partial charge in [-0.05, 0) is 41.8 Å². The van der Waals surface area contributed by atoms with Gasteiger partial charge in [0.05, 0.1) is 5.56 Å². The van der Waals surface area contributed by atoms with Gasteiger partial charge >= 0.3 is 0 Å². The van der Waals surface area contributed by atoms with E-state index in [4.69, 9.17) is 11.6 Å². The van der Waals surface area contributed by atoms with Crippen LogP contribution >= 0.6 is 11.6 Å². The highest BCUT2D eigenvalue weighted by molar-refractivity contribution is 6.31. The lowest BCUT2D eigenvalue weighted by Gasteiger charge is -2.17. The number of carbonyl (C=O) groups is 1. The van der Waals surface area contributed by atoms with E-state index in [9.17, 15) is 4.79 Å². The van der Waals surface area contributed by atoms with Gasteiger partial charge in [0.25, 0.3) is 5.91 Å². The first-order chi connectivity index (χ1) is 12.7. The number of nitrogens with zero attached hydrogens (tertiary/aromatic N) is 2. The molecule has 1 amide bonds. The van der Waals surface area contributed by atoms with Crippen molar-refractivity contribution in [1.29, 1.82) is 0 Å². The van der Waals surface area contributed by atoms with Crippen LogP contribution in [0.5, 0.6) is 0 Å². The normalized spacial score (nSPS) is 12.7. The topological polar surface area (TPSA) is 45.2 Å². The average molecular weight is 364 g/mol. The Bertz CT molecular complexity index is 940. The molecule has 1 aromatic heterocycles. The fourth-order valence-corrected chi connectivity index (χ4v) is 3.36. The van der Waals surface area contributed by atoms with Crippen molar-refractivity contribution in [3.63, 3.8) is 0 Å². The quantitative estimate of drug-likeness (QED) is 0.739. The van der Waals surface area contributed by atoms with Gasteiger partial charge in [0.2, 0.25) is 0 Å². The van der Waals surface area contributed by atoms with Gasteiger partial charge < -0.3 is 10.2 Å². The summed E-state index contributed by atoms with van der Waals surface area (Å²) < 4.78 is 0. The van der Waals surface area contributed by atoms with E-state index in [2.05, 4.69) is 16.4 Å². The Hall–Kier alpha value is -2.85. The Labute approximate surface area is 157 Å². The van der Waals surface area contributed by atoms with E-state index in [1.54, 1.807) is 6.20 Å². The Morgan fingerprint density at radius 3 is 2.69 bits per heavy atom. The molecule has 0 unspecified atom stereocenters. The number of rotatable bonds is 4. The Balaban J connectivity index is 1.45. The number of benzene rings is 2. The van der Waals surface area contributed by atoms with Gasteiger partial charge in [-0.15, -0.1) is 0 Å². The number of hydrogen-bond donors (Lipinski definition) is 1. The molecule has 3 aromatic rings. The Morgan fingerprint density at radius 2 is 1.88 bits per heavy atom. The van der Waals surface area contributed by atoms with Crippen LogP contribution in [0.3, 0.4) is 0 Å². The smallest absolute Gasteiger partial charge is 0.259 e. The largest absolute Gasteiger partial charge is 0.366 e. The van der Waals surface area contributed by atoms with Crippen LogP contribution in [0, 0.1) is 0 Å². The fourth-order valence-electron chi connectivity index (χ4n) is 3.16. The summed E-state index contributed by atoms with van der Waals surface area (Å²) >= 11 is 6.16. The van der Waals surface area contributed by atoms with Gasteiger partial charge in [-0.3, -0.25) is 4.79 Å². The number of amides is 1. The minimum absolute atomic E-state index is 0.0138. The lowest BCUT2D eigenvalue weighted by atomic mass is 10.2. The Kier molecular flexibility index (Phi) is 4.59. The fraction of sp³-hybridized carbons (Fsp3) is 0.143. The third kappa shape index (κ3) is 3.28. The molecule has 0 spiro atoms. The van der Waals surface area contributed by atoms with E-state index in [1.807, 2.05) is 59.5 Å². The summed E-state index contributed by atoms with van der Waals surface area (Å²) in [6, 6.07) is 19.4. The number of carbonyl (C=O) groups excluding carboxylic acids is 1. The lowest BCUT2D eigenvalue weighted by molar-refractivity contribution is 0.0989. The van der Waals surface area contributed by atoms with E-state index in [1.165, 1.54) is 5.56 Å². The van der Waals surface area contributed by atoms with Crippen molar-refractivity contribution in [1.82, 2.24) is 4.98 Å². The van der Waals surface area contributed by atoms with Gasteiger partial charge in [-0.25, -0.2) is 4.98 Å². The second-order valence-corrected chi connectivity index (χ2v) is 6.62. The first-order valence-electron chi connectivity index (χ1n) is 8.55. The second kappa shape index (κ2) is 7.18. The zero-order valence-corrected chi connectivity index (χ0v) is 14.9. The number of hydrogen-bond acceptors (Lipinski definition) is 3. The van der Waals surface area contributed by atoms with Gasteiger partial charge in [-0.2, -0.15) is 0 Å². The summed E-state index contributed by atoms with van der Waals surface area (Å²) in [6.45, 7) is 1.30. The SMILES string of the molecule is O=C(c1ccc(NCc2ccccc2Cl)nc1)N1CCc2ccccc21. The molecular weight excluding hydrogens is 346 g/mol. The predicted octanol–water partition coefficient (Wildman–Crippen LogP) is 4.55. The highest BCUT2D eigenvalue weighted by atomic mass is 35.5. The van der Waals surface area contributed by atoms with Crippen LogP contribution in [0.25, 0.3) is 0 Å². The van der Waals surface area contributed by atoms with Crippen molar-refractivity contribution in [2.45, 2.75) is 13.0 Å². The van der Waals surface area contributed by atoms with Crippen LogP contribution in [-0.4, -0.2) is 17.4 Å². The molecule has 4 nitrogen and oxygen atoms in total. The molecule has 1 aliphatic heterocycles. The molecule has 0 saturated carbocycles. The standard InChI is InChI=1S/C21H18ClN3O/c22-18-7-3-1-6-16(18)13-23-20-10-9-17(14-24-20)21(26)25-12-11-15-5-2-4-8-19(15)25/h1-10,14H,11-13H2,(H,23,24). The van der Waals surface area contributed by atoms with Crippen LogP contribution in [-0.2, 0) is 13.0 Å². The van der Waals surface area contributed by atoms with Crippen LogP contribution in [0.15, 0.2) is 66.9 Å². The van der Waals surface area contributed by atoms with Crippen molar-refractivity contribution in [2.24, 2.45) is 0 Å². The minimum Gasteiger partial charge on any atom is -0.366 e. The van der Waals surface area contributed by atoms with E-state index < -0.39 is 0 Å². The van der Waals surface area contributed by atoms with Gasteiger partial charge in [0.1, 0.15) is 5.82 Å². The van der Waals surface area contributed by atoms with Crippen LogP contribution in [0.1, 0.15) is 21.5 Å². The van der Waals surface area contributed by atoms with Crippen molar-refractivity contribution in [3.8, 4) is 0 Å². The molecule has 0 fully saturated rings. The highest BCUT2D eigenvalue weighted by Crippen LogP contribution is 2.28. The third-order valence-electron chi connectivity index (χ3n) is 4.56. The molecular formula is C21H18ClN3O. The molecule has 5 heteroatoms. The van der Waals surface area contributed by atoms with Gasteiger partial charge in [0.15, 0.2) is 0 Å². The summed E-state index contributed by atoms with van der Waals surface area (Å²) in [5, 5.41) is 3.95. The summed E-state index contributed by atoms with van der Waals surface area (Å²) in [5.41, 5.74) is 3.81. The maximum Gasteiger partial charge on any atom is 0.259 e. The summed E-state index contributed by atoms with van der Waals surface area (Å²) in [6.07, 6.45) is 2.52. The van der Waals surface area contributed by atoms with Crippen molar-refractivity contribution in [3.05, 3.63) is 88.6 Å². The summed E-state index contributed by atoms with van der Waals surface area (Å²) in [4.78, 5) is 19.0. The molecule has 1 aliphatic rings. The molecule has 26 heavy (non-hydrogen) atoms. The number of pyridine rings is 1. The third-order valence-corrected chi connectivity index (χ3v) is 4.93. The van der Waals surface area contributed by atoms with Crippen molar-refractivity contribution < 1.29 is 4.79 Å². The second-order valence-electron chi connectivity index (χ2n) is 6.21. The lowest BCUT2D eigenvalue weighted by Crippen LogP contribution is -2.28. The van der Waals surface area contributed by atoms with E-state index >= 15 is 0 Å². The number of anilines is 2. The van der Waals surface area contributed by atoms with Crippen molar-refractivity contribution in [2.75, 3.05) is 16.8 Å². The Morgan fingerprint density at radius 1 is 1.08 bits per heavy atom. The molecule has 0 atom stereocenters. The summed E-state index contributed by atoms with van der Waals surface area (Å²) in [7, 11) is 0. The summed E-state index contributed by atoms with van der Waals surface area (Å²) in [5.74, 6) is 0.698. The number of nitrogens with one attached hydrogen (secondary N) is 1. The molecule has 0 aliphatic carbocycles. The maximum atomic E-state index is 12.8. The number of para-hydroxylation sites is 1. The minimum atomic E-state index is -0.0138. The molecule has 130 valence electrons. The average Bonchev–Trinajstić information content (AvgIpc) is 3.11. The molecule has 0 radical (unpaired) electrons. The van der Waals surface area contributed by atoms with Crippen LogP contribution in [0.4, 0.5) is 11.5 Å². The molecule has 0 saturated heterocycles. The van der Waals surface area contributed by atoms with Crippen molar-refractivity contribution >= 4 is 29.0 Å². The zero-order valence-electron chi connectivity index (χ0n) is 14.2. The molecule has 2 aromatic carbocycles.